The molecular formula is C11H24O3. The SMILES string of the molecule is CCCCC[C@@H](CC)C(O)(CO)CO. The van der Waals surface area contributed by atoms with Crippen LogP contribution in [0.25, 0.3) is 0 Å². The highest BCUT2D eigenvalue weighted by molar-refractivity contribution is 4.84. The smallest absolute Gasteiger partial charge is 0.113 e. The van der Waals surface area contributed by atoms with Crippen molar-refractivity contribution in [2.75, 3.05) is 13.2 Å². The lowest BCUT2D eigenvalue weighted by Crippen LogP contribution is -2.45. The van der Waals surface area contributed by atoms with Crippen LogP contribution in [0.4, 0.5) is 0 Å². The molecule has 3 N–H and O–H groups in total. The molecule has 0 spiro atoms. The fraction of sp³-hybridized carbons (Fsp3) is 1.00. The molecule has 0 unspecified atom stereocenters. The van der Waals surface area contributed by atoms with Crippen molar-refractivity contribution in [3.63, 3.8) is 0 Å². The van der Waals surface area contributed by atoms with Crippen molar-refractivity contribution < 1.29 is 15.3 Å². The maximum Gasteiger partial charge on any atom is 0.113 e. The molecule has 3 nitrogen and oxygen atoms in total. The van der Waals surface area contributed by atoms with Crippen LogP contribution >= 0.6 is 0 Å². The first kappa shape index (κ1) is 13.9. The fourth-order valence-electron chi connectivity index (χ4n) is 1.80. The van der Waals surface area contributed by atoms with Crippen molar-refractivity contribution in [1.29, 1.82) is 0 Å². The quantitative estimate of drug-likeness (QED) is 0.522. The first-order chi connectivity index (χ1) is 6.64. The summed E-state index contributed by atoms with van der Waals surface area (Å²) in [7, 11) is 0. The summed E-state index contributed by atoms with van der Waals surface area (Å²) >= 11 is 0. The molecule has 0 fully saturated rings. The van der Waals surface area contributed by atoms with E-state index in [-0.39, 0.29) is 19.1 Å². The number of rotatable bonds is 8. The molecule has 0 aromatic heterocycles. The van der Waals surface area contributed by atoms with Crippen LogP contribution < -0.4 is 0 Å². The Labute approximate surface area is 86.8 Å². The summed E-state index contributed by atoms with van der Waals surface area (Å²) in [4.78, 5) is 0. The van der Waals surface area contributed by atoms with Crippen LogP contribution in [-0.2, 0) is 0 Å². The highest BCUT2D eigenvalue weighted by Crippen LogP contribution is 2.25. The zero-order valence-corrected chi connectivity index (χ0v) is 9.37. The number of hydrogen-bond acceptors (Lipinski definition) is 3. The van der Waals surface area contributed by atoms with Crippen molar-refractivity contribution in [3.05, 3.63) is 0 Å². The molecular weight excluding hydrogens is 180 g/mol. The molecule has 0 bridgehead atoms. The molecule has 0 heterocycles. The minimum Gasteiger partial charge on any atom is -0.393 e. The summed E-state index contributed by atoms with van der Waals surface area (Å²) in [6, 6.07) is 0. The van der Waals surface area contributed by atoms with Gasteiger partial charge in [-0.3, -0.25) is 0 Å². The third-order valence-electron chi connectivity index (χ3n) is 2.96. The van der Waals surface area contributed by atoms with E-state index in [1.807, 2.05) is 6.92 Å². The highest BCUT2D eigenvalue weighted by Gasteiger charge is 2.33. The highest BCUT2D eigenvalue weighted by atomic mass is 16.4. The van der Waals surface area contributed by atoms with Gasteiger partial charge in [-0.25, -0.2) is 0 Å². The van der Waals surface area contributed by atoms with Crippen LogP contribution in [0.1, 0.15) is 46.0 Å². The van der Waals surface area contributed by atoms with E-state index in [9.17, 15) is 5.11 Å². The Morgan fingerprint density at radius 3 is 2.00 bits per heavy atom. The van der Waals surface area contributed by atoms with E-state index in [1.54, 1.807) is 0 Å². The zero-order valence-electron chi connectivity index (χ0n) is 9.37. The second-order valence-electron chi connectivity index (χ2n) is 4.02. The maximum atomic E-state index is 9.89. The lowest BCUT2D eigenvalue weighted by atomic mass is 9.82. The second kappa shape index (κ2) is 7.21. The van der Waals surface area contributed by atoms with Gasteiger partial charge in [0.15, 0.2) is 0 Å². The van der Waals surface area contributed by atoms with Gasteiger partial charge < -0.3 is 15.3 Å². The molecule has 0 rings (SSSR count). The van der Waals surface area contributed by atoms with Crippen LogP contribution in [0.3, 0.4) is 0 Å². The zero-order chi connectivity index (χ0) is 11.0. The molecule has 0 saturated carbocycles. The molecule has 0 saturated heterocycles. The van der Waals surface area contributed by atoms with E-state index in [0.29, 0.717) is 0 Å². The monoisotopic (exact) mass is 204 g/mol. The van der Waals surface area contributed by atoms with Crippen LogP contribution in [0.2, 0.25) is 0 Å². The number of aliphatic hydroxyl groups excluding tert-OH is 2. The Hall–Kier alpha value is -0.120. The predicted molar refractivity (Wildman–Crippen MR) is 57.0 cm³/mol. The van der Waals surface area contributed by atoms with Gasteiger partial charge in [0, 0.05) is 0 Å². The van der Waals surface area contributed by atoms with Crippen molar-refractivity contribution in [2.24, 2.45) is 5.92 Å². The first-order valence-corrected chi connectivity index (χ1v) is 5.58. The largest absolute Gasteiger partial charge is 0.393 e. The van der Waals surface area contributed by atoms with E-state index < -0.39 is 5.60 Å². The van der Waals surface area contributed by atoms with Gasteiger partial charge in [0.2, 0.25) is 0 Å². The summed E-state index contributed by atoms with van der Waals surface area (Å²) in [6.45, 7) is 3.40. The minimum absolute atomic E-state index is 0.00375. The standard InChI is InChI=1S/C11H24O3/c1-3-5-6-7-10(4-2)11(14,8-12)9-13/h10,12-14H,3-9H2,1-2H3/t10-/m1/s1. The van der Waals surface area contributed by atoms with Crippen LogP contribution in [0, 0.1) is 5.92 Å². The number of hydrogen-bond donors (Lipinski definition) is 3. The molecule has 0 aromatic rings. The Balaban J connectivity index is 4.08. The van der Waals surface area contributed by atoms with E-state index in [4.69, 9.17) is 10.2 Å². The minimum atomic E-state index is -1.29. The first-order valence-electron chi connectivity index (χ1n) is 5.58. The van der Waals surface area contributed by atoms with Gasteiger partial charge in [-0.15, -0.1) is 0 Å². The fourth-order valence-corrected chi connectivity index (χ4v) is 1.80. The molecule has 1 atom stereocenters. The van der Waals surface area contributed by atoms with E-state index >= 15 is 0 Å². The van der Waals surface area contributed by atoms with Gasteiger partial charge in [0.1, 0.15) is 5.60 Å². The summed E-state index contributed by atoms with van der Waals surface area (Å²) in [5.41, 5.74) is -1.29. The molecule has 0 aliphatic heterocycles. The van der Waals surface area contributed by atoms with Gasteiger partial charge >= 0.3 is 0 Å². The summed E-state index contributed by atoms with van der Waals surface area (Å²) in [6.07, 6.45) is 5.01. The van der Waals surface area contributed by atoms with Crippen LogP contribution in [0.15, 0.2) is 0 Å². The Kier molecular flexibility index (Phi) is 7.15. The molecule has 14 heavy (non-hydrogen) atoms. The van der Waals surface area contributed by atoms with E-state index in [2.05, 4.69) is 6.92 Å². The molecule has 0 amide bonds. The van der Waals surface area contributed by atoms with Crippen molar-refractivity contribution in [3.8, 4) is 0 Å². The lowest BCUT2D eigenvalue weighted by molar-refractivity contribution is -0.0992. The van der Waals surface area contributed by atoms with E-state index in [0.717, 1.165) is 32.1 Å². The number of unbranched alkanes of at least 4 members (excludes halogenated alkanes) is 2. The molecule has 0 radical (unpaired) electrons. The maximum absolute atomic E-state index is 9.89. The van der Waals surface area contributed by atoms with Gasteiger partial charge in [-0.1, -0.05) is 39.5 Å². The third-order valence-corrected chi connectivity index (χ3v) is 2.96. The van der Waals surface area contributed by atoms with Crippen molar-refractivity contribution in [1.82, 2.24) is 0 Å². The summed E-state index contributed by atoms with van der Waals surface area (Å²) in [5.74, 6) is 0.00375. The number of aliphatic hydroxyl groups is 3. The van der Waals surface area contributed by atoms with Crippen molar-refractivity contribution >= 4 is 0 Å². The van der Waals surface area contributed by atoms with Crippen LogP contribution in [-0.4, -0.2) is 34.1 Å². The predicted octanol–water partition coefficient (Wildman–Crippen LogP) is 1.31. The average molecular weight is 204 g/mol. The normalized spacial score (nSPS) is 14.4. The Morgan fingerprint density at radius 2 is 1.64 bits per heavy atom. The van der Waals surface area contributed by atoms with Gasteiger partial charge in [-0.05, 0) is 12.3 Å². The summed E-state index contributed by atoms with van der Waals surface area (Å²) in [5, 5.41) is 28.0. The Bertz CT molecular complexity index is 132. The topological polar surface area (TPSA) is 60.7 Å². The van der Waals surface area contributed by atoms with Gasteiger partial charge in [-0.2, -0.15) is 0 Å². The molecule has 0 aliphatic carbocycles. The third kappa shape index (κ3) is 3.95. The van der Waals surface area contributed by atoms with Gasteiger partial charge in [0.25, 0.3) is 0 Å². The van der Waals surface area contributed by atoms with Crippen molar-refractivity contribution in [2.45, 2.75) is 51.6 Å². The molecule has 3 heteroatoms. The second-order valence-corrected chi connectivity index (χ2v) is 4.02. The molecule has 0 aliphatic rings. The van der Waals surface area contributed by atoms with Crippen LogP contribution in [0.5, 0.6) is 0 Å². The van der Waals surface area contributed by atoms with E-state index in [1.165, 1.54) is 0 Å². The lowest BCUT2D eigenvalue weighted by Gasteiger charge is -2.32. The molecule has 86 valence electrons. The summed E-state index contributed by atoms with van der Waals surface area (Å²) < 4.78 is 0. The average Bonchev–Trinajstić information content (AvgIpc) is 2.23. The van der Waals surface area contributed by atoms with Gasteiger partial charge in [0.05, 0.1) is 13.2 Å². The molecule has 0 aromatic carbocycles. The Morgan fingerprint density at radius 1 is 1.07 bits per heavy atom.